The minimum Gasteiger partial charge on any atom is -0.477 e. The summed E-state index contributed by atoms with van der Waals surface area (Å²) in [5.41, 5.74) is 0.693. The van der Waals surface area contributed by atoms with E-state index >= 15 is 0 Å². The van der Waals surface area contributed by atoms with Crippen molar-refractivity contribution in [3.8, 4) is 5.75 Å². The fourth-order valence-electron chi connectivity index (χ4n) is 2.92. The summed E-state index contributed by atoms with van der Waals surface area (Å²) < 4.78 is 10.9. The number of hydrogen-bond acceptors (Lipinski definition) is 6. The summed E-state index contributed by atoms with van der Waals surface area (Å²) in [7, 11) is 0. The first kappa shape index (κ1) is 20.2. The molecule has 0 saturated carbocycles. The number of ether oxygens (including phenoxy) is 1. The summed E-state index contributed by atoms with van der Waals surface area (Å²) in [5.74, 6) is 0.371. The molecule has 0 radical (unpaired) electrons. The van der Waals surface area contributed by atoms with E-state index in [2.05, 4.69) is 16.0 Å². The van der Waals surface area contributed by atoms with Crippen LogP contribution in [0.4, 0.5) is 10.5 Å². The Morgan fingerprint density at radius 2 is 1.97 bits per heavy atom. The Labute approximate surface area is 168 Å². The smallest absolute Gasteiger partial charge is 0.321 e. The van der Waals surface area contributed by atoms with Crippen LogP contribution in [0.25, 0.3) is 0 Å². The molecule has 0 saturated heterocycles. The molecule has 1 aromatic carbocycles. The molecule has 9 nitrogen and oxygen atoms in total. The number of fused-ring (bicyclic) bond motifs is 1. The van der Waals surface area contributed by atoms with Crippen molar-refractivity contribution in [3.05, 3.63) is 48.4 Å². The fraction of sp³-hybridized carbons (Fsp3) is 0.350. The summed E-state index contributed by atoms with van der Waals surface area (Å²) in [6.07, 6.45) is 1.58. The minimum atomic E-state index is -0.739. The number of urea groups is 1. The second kappa shape index (κ2) is 9.63. The molecule has 1 aromatic heterocycles. The van der Waals surface area contributed by atoms with Gasteiger partial charge in [-0.1, -0.05) is 19.1 Å². The number of rotatable bonds is 7. The van der Waals surface area contributed by atoms with Crippen molar-refractivity contribution in [1.29, 1.82) is 0 Å². The lowest BCUT2D eigenvalue weighted by Crippen LogP contribution is -2.52. The normalized spacial score (nSPS) is 15.1. The highest BCUT2D eigenvalue weighted by Gasteiger charge is 2.31. The molecular weight excluding hydrogens is 376 g/mol. The maximum Gasteiger partial charge on any atom is 0.321 e. The largest absolute Gasteiger partial charge is 0.477 e. The first-order valence-electron chi connectivity index (χ1n) is 9.45. The van der Waals surface area contributed by atoms with Crippen LogP contribution in [0.15, 0.2) is 47.1 Å². The topological polar surface area (TPSA) is 113 Å². The summed E-state index contributed by atoms with van der Waals surface area (Å²) in [5, 5.41) is 7.64. The van der Waals surface area contributed by atoms with E-state index in [-0.39, 0.29) is 25.5 Å². The van der Waals surface area contributed by atoms with E-state index in [9.17, 15) is 14.4 Å². The molecule has 1 aliphatic rings. The molecule has 3 rings (SSSR count). The maximum absolute atomic E-state index is 12.4. The van der Waals surface area contributed by atoms with Crippen molar-refractivity contribution in [3.63, 3.8) is 0 Å². The third kappa shape index (κ3) is 5.50. The van der Waals surface area contributed by atoms with Crippen LogP contribution in [0.3, 0.4) is 0 Å². The predicted octanol–water partition coefficient (Wildman–Crippen LogP) is 1.40. The van der Waals surface area contributed by atoms with Gasteiger partial charge in [-0.3, -0.25) is 14.9 Å². The van der Waals surface area contributed by atoms with E-state index in [0.29, 0.717) is 23.7 Å². The molecule has 0 aliphatic carbocycles. The molecule has 4 amide bonds. The Bertz CT molecular complexity index is 852. The number of amides is 4. The number of imide groups is 1. The van der Waals surface area contributed by atoms with Crippen LogP contribution >= 0.6 is 0 Å². The Balaban J connectivity index is 1.59. The van der Waals surface area contributed by atoms with E-state index in [0.717, 1.165) is 6.42 Å². The monoisotopic (exact) mass is 400 g/mol. The minimum absolute atomic E-state index is 0.0912. The molecule has 0 unspecified atom stereocenters. The number of furan rings is 1. The number of hydrogen-bond donors (Lipinski definition) is 3. The van der Waals surface area contributed by atoms with Crippen molar-refractivity contribution in [2.24, 2.45) is 0 Å². The van der Waals surface area contributed by atoms with Crippen molar-refractivity contribution < 1.29 is 23.5 Å². The van der Waals surface area contributed by atoms with E-state index in [1.165, 1.54) is 6.26 Å². The van der Waals surface area contributed by atoms with Gasteiger partial charge in [-0.25, -0.2) is 4.79 Å². The number of nitrogens with one attached hydrogen (secondary N) is 3. The van der Waals surface area contributed by atoms with Crippen LogP contribution in [-0.2, 0) is 16.1 Å². The third-order valence-corrected chi connectivity index (χ3v) is 4.29. The third-order valence-electron chi connectivity index (χ3n) is 4.29. The number of carbonyl (C=O) groups excluding carboxylic acids is 3. The molecule has 154 valence electrons. The molecule has 3 N–H and O–H groups in total. The first-order valence-corrected chi connectivity index (χ1v) is 9.45. The Kier molecular flexibility index (Phi) is 6.72. The fourth-order valence-corrected chi connectivity index (χ4v) is 2.92. The maximum atomic E-state index is 12.4. The van der Waals surface area contributed by atoms with Gasteiger partial charge >= 0.3 is 6.03 Å². The molecular formula is C20H24N4O5. The number of para-hydroxylation sites is 2. The van der Waals surface area contributed by atoms with Gasteiger partial charge in [-0.2, -0.15) is 0 Å². The van der Waals surface area contributed by atoms with Gasteiger partial charge in [0, 0.05) is 6.54 Å². The molecule has 1 aliphatic heterocycles. The summed E-state index contributed by atoms with van der Waals surface area (Å²) in [6, 6.07) is 9.98. The number of benzene rings is 1. The van der Waals surface area contributed by atoms with Gasteiger partial charge in [0.2, 0.25) is 5.91 Å². The lowest BCUT2D eigenvalue weighted by Gasteiger charge is -2.35. The second-order valence-corrected chi connectivity index (χ2v) is 6.56. The molecule has 9 heteroatoms. The Morgan fingerprint density at radius 1 is 1.14 bits per heavy atom. The second-order valence-electron chi connectivity index (χ2n) is 6.56. The molecule has 0 fully saturated rings. The van der Waals surface area contributed by atoms with Crippen LogP contribution in [-0.4, -0.2) is 43.6 Å². The van der Waals surface area contributed by atoms with Gasteiger partial charge in [0.25, 0.3) is 5.91 Å². The molecule has 0 spiro atoms. The molecule has 1 atom stereocenters. The van der Waals surface area contributed by atoms with Crippen molar-refractivity contribution in [2.75, 3.05) is 24.5 Å². The Morgan fingerprint density at radius 3 is 2.72 bits per heavy atom. The number of anilines is 1. The van der Waals surface area contributed by atoms with Gasteiger partial charge < -0.3 is 24.7 Å². The zero-order chi connectivity index (χ0) is 20.6. The Hall–Kier alpha value is -3.49. The lowest BCUT2D eigenvalue weighted by atomic mass is 10.1. The molecule has 2 heterocycles. The highest BCUT2D eigenvalue weighted by Crippen LogP contribution is 2.32. The number of nitrogens with zero attached hydrogens (tertiary/aromatic N) is 1. The standard InChI is InChI=1S/C20H24N4O5/c1-2-9-21-19(26)17-12-24(15-7-3-4-8-16(15)29-17)13-18(25)23-20(27)22-11-14-6-5-10-28-14/h3-8,10,17H,2,9,11-13H2,1H3,(H,21,26)(H2,22,23,25,27)/t17-/m1/s1. The van der Waals surface area contributed by atoms with E-state index in [4.69, 9.17) is 9.15 Å². The summed E-state index contributed by atoms with van der Waals surface area (Å²) >= 11 is 0. The van der Waals surface area contributed by atoms with Crippen LogP contribution in [0.5, 0.6) is 5.75 Å². The van der Waals surface area contributed by atoms with Gasteiger partial charge in [0.15, 0.2) is 6.10 Å². The van der Waals surface area contributed by atoms with Crippen molar-refractivity contribution in [2.45, 2.75) is 26.0 Å². The van der Waals surface area contributed by atoms with Crippen molar-refractivity contribution >= 4 is 23.5 Å². The summed E-state index contributed by atoms with van der Waals surface area (Å²) in [6.45, 7) is 2.80. The van der Waals surface area contributed by atoms with Crippen LogP contribution in [0.1, 0.15) is 19.1 Å². The van der Waals surface area contributed by atoms with Crippen LogP contribution in [0.2, 0.25) is 0 Å². The van der Waals surface area contributed by atoms with Gasteiger partial charge in [0.05, 0.1) is 31.6 Å². The molecule has 2 aromatic rings. The van der Waals surface area contributed by atoms with Gasteiger partial charge in [0.1, 0.15) is 11.5 Å². The van der Waals surface area contributed by atoms with Crippen LogP contribution in [0, 0.1) is 0 Å². The zero-order valence-electron chi connectivity index (χ0n) is 16.1. The number of carbonyl (C=O) groups is 3. The highest BCUT2D eigenvalue weighted by atomic mass is 16.5. The van der Waals surface area contributed by atoms with E-state index < -0.39 is 18.0 Å². The predicted molar refractivity (Wildman–Crippen MR) is 105 cm³/mol. The quantitative estimate of drug-likeness (QED) is 0.648. The SMILES string of the molecule is CCCNC(=O)[C@H]1CN(CC(=O)NC(=O)NCc2ccco2)c2ccccc2O1. The average molecular weight is 400 g/mol. The van der Waals surface area contributed by atoms with E-state index in [1.54, 1.807) is 35.2 Å². The zero-order valence-corrected chi connectivity index (χ0v) is 16.1. The van der Waals surface area contributed by atoms with Gasteiger partial charge in [-0.15, -0.1) is 0 Å². The van der Waals surface area contributed by atoms with Crippen LogP contribution < -0.4 is 25.6 Å². The van der Waals surface area contributed by atoms with E-state index in [1.807, 2.05) is 13.0 Å². The molecule has 0 bridgehead atoms. The lowest BCUT2D eigenvalue weighted by molar-refractivity contribution is -0.128. The van der Waals surface area contributed by atoms with Gasteiger partial charge in [-0.05, 0) is 30.7 Å². The average Bonchev–Trinajstić information content (AvgIpc) is 3.24. The molecule has 29 heavy (non-hydrogen) atoms. The summed E-state index contributed by atoms with van der Waals surface area (Å²) in [4.78, 5) is 38.4. The highest BCUT2D eigenvalue weighted by molar-refractivity contribution is 5.96. The van der Waals surface area contributed by atoms with Crippen molar-refractivity contribution in [1.82, 2.24) is 16.0 Å². The first-order chi connectivity index (χ1) is 14.1.